The monoisotopic (exact) mass is 496 g/mol. The van der Waals surface area contributed by atoms with Gasteiger partial charge in [-0.1, -0.05) is 30.7 Å². The van der Waals surface area contributed by atoms with E-state index in [0.717, 1.165) is 12.0 Å². The van der Waals surface area contributed by atoms with Crippen molar-refractivity contribution in [2.75, 3.05) is 31.1 Å². The van der Waals surface area contributed by atoms with Crippen LogP contribution in [0.5, 0.6) is 0 Å². The zero-order valence-corrected chi connectivity index (χ0v) is 20.4. The molecule has 0 spiro atoms. The number of amides is 3. The van der Waals surface area contributed by atoms with E-state index in [2.05, 4.69) is 25.5 Å². The van der Waals surface area contributed by atoms with Crippen molar-refractivity contribution >= 4 is 29.4 Å². The van der Waals surface area contributed by atoms with Gasteiger partial charge in [-0.05, 0) is 30.2 Å². The number of urea groups is 1. The minimum Gasteiger partial charge on any atom is -0.352 e. The van der Waals surface area contributed by atoms with Crippen molar-refractivity contribution in [3.8, 4) is 5.95 Å². The largest absolute Gasteiger partial charge is 0.352 e. The molecule has 0 radical (unpaired) electrons. The number of anilines is 1. The topological polar surface area (TPSA) is 108 Å². The van der Waals surface area contributed by atoms with Gasteiger partial charge in [0.1, 0.15) is 12.1 Å². The van der Waals surface area contributed by atoms with E-state index >= 15 is 0 Å². The molecule has 3 heterocycles. The molecule has 0 saturated carbocycles. The summed E-state index contributed by atoms with van der Waals surface area (Å²) in [5.41, 5.74) is 0.963. The van der Waals surface area contributed by atoms with Gasteiger partial charge in [0.05, 0.1) is 6.04 Å². The minimum absolute atomic E-state index is 0.102. The summed E-state index contributed by atoms with van der Waals surface area (Å²) in [6, 6.07) is 8.83. The van der Waals surface area contributed by atoms with Crippen LogP contribution in [0.25, 0.3) is 5.95 Å². The van der Waals surface area contributed by atoms with Crippen molar-refractivity contribution < 1.29 is 9.59 Å². The van der Waals surface area contributed by atoms with E-state index in [-0.39, 0.29) is 24.4 Å². The second-order valence-corrected chi connectivity index (χ2v) is 8.75. The van der Waals surface area contributed by atoms with Crippen LogP contribution in [0.1, 0.15) is 25.3 Å². The third-order valence-electron chi connectivity index (χ3n) is 5.78. The predicted molar refractivity (Wildman–Crippen MR) is 133 cm³/mol. The maximum Gasteiger partial charge on any atom is 0.317 e. The number of rotatable bonds is 8. The average Bonchev–Trinajstić information content (AvgIpc) is 3.42. The second-order valence-electron chi connectivity index (χ2n) is 8.32. The van der Waals surface area contributed by atoms with Crippen LogP contribution < -0.4 is 15.5 Å². The molecule has 3 aromatic rings. The Kier molecular flexibility index (Phi) is 8.15. The molecule has 4 rings (SSSR count). The third-order valence-corrected chi connectivity index (χ3v) is 6.03. The van der Waals surface area contributed by atoms with Crippen molar-refractivity contribution in [2.24, 2.45) is 0 Å². The first kappa shape index (κ1) is 24.5. The molecular weight excluding hydrogens is 468 g/mol. The number of hydrogen-bond acceptors (Lipinski definition) is 6. The summed E-state index contributed by atoms with van der Waals surface area (Å²) in [6.07, 6.45) is 7.84. The summed E-state index contributed by atoms with van der Waals surface area (Å²) in [5, 5.41) is 6.56. The summed E-state index contributed by atoms with van der Waals surface area (Å²) in [6.45, 7) is 4.53. The smallest absolute Gasteiger partial charge is 0.317 e. The van der Waals surface area contributed by atoms with E-state index < -0.39 is 0 Å². The summed E-state index contributed by atoms with van der Waals surface area (Å²) in [5.74, 6) is 1.09. The predicted octanol–water partition coefficient (Wildman–Crippen LogP) is 2.63. The molecule has 11 heteroatoms. The van der Waals surface area contributed by atoms with E-state index in [4.69, 9.17) is 16.6 Å². The molecule has 1 aromatic carbocycles. The van der Waals surface area contributed by atoms with E-state index in [1.54, 1.807) is 46.5 Å². The molecule has 0 aliphatic carbocycles. The van der Waals surface area contributed by atoms with Gasteiger partial charge in [-0.3, -0.25) is 9.36 Å². The standard InChI is InChI=1S/C24H29ClN8O2/c1-2-8-28-24(35)31-12-13-33(21-7-9-27-23(30-21)32-11-10-26-17-32)20(16-31)14-22(34)29-15-18-3-5-19(25)6-4-18/h3-7,9-11,17,20H,2,8,12-16H2,1H3,(H,28,35)(H,29,34). The SMILES string of the molecule is CCCNC(=O)N1CCN(c2ccnc(-n3ccnc3)n2)C(CC(=O)NCc2ccc(Cl)cc2)C1. The van der Waals surface area contributed by atoms with Crippen molar-refractivity contribution in [3.63, 3.8) is 0 Å². The lowest BCUT2D eigenvalue weighted by atomic mass is 10.1. The molecule has 2 N–H and O–H groups in total. The van der Waals surface area contributed by atoms with Crippen LogP contribution >= 0.6 is 11.6 Å². The quantitative estimate of drug-likeness (QED) is 0.496. The van der Waals surface area contributed by atoms with Gasteiger partial charge in [0, 0.05) is 62.8 Å². The average molecular weight is 497 g/mol. The number of halogens is 1. The number of nitrogens with zero attached hydrogens (tertiary/aromatic N) is 6. The Morgan fingerprint density at radius 3 is 2.69 bits per heavy atom. The van der Waals surface area contributed by atoms with Gasteiger partial charge in [0.2, 0.25) is 11.9 Å². The number of aromatic nitrogens is 4. The molecule has 1 aliphatic heterocycles. The first-order valence-corrected chi connectivity index (χ1v) is 12.0. The Labute approximate surface area is 209 Å². The normalized spacial score (nSPS) is 15.7. The van der Waals surface area contributed by atoms with Crippen LogP contribution in [-0.4, -0.2) is 68.6 Å². The molecule has 1 saturated heterocycles. The lowest BCUT2D eigenvalue weighted by Crippen LogP contribution is -2.58. The number of carbonyl (C=O) groups is 2. The zero-order chi connectivity index (χ0) is 24.6. The van der Waals surface area contributed by atoms with Crippen LogP contribution in [-0.2, 0) is 11.3 Å². The molecule has 1 fully saturated rings. The lowest BCUT2D eigenvalue weighted by Gasteiger charge is -2.41. The van der Waals surface area contributed by atoms with Gasteiger partial charge >= 0.3 is 6.03 Å². The maximum atomic E-state index is 12.9. The zero-order valence-electron chi connectivity index (χ0n) is 19.6. The Morgan fingerprint density at radius 1 is 1.11 bits per heavy atom. The van der Waals surface area contributed by atoms with Gasteiger partial charge in [0.15, 0.2) is 0 Å². The molecule has 184 valence electrons. The van der Waals surface area contributed by atoms with Gasteiger partial charge in [-0.2, -0.15) is 4.98 Å². The van der Waals surface area contributed by atoms with Crippen LogP contribution in [0.3, 0.4) is 0 Å². The number of imidazole rings is 1. The highest BCUT2D eigenvalue weighted by Gasteiger charge is 2.32. The highest BCUT2D eigenvalue weighted by Crippen LogP contribution is 2.21. The molecule has 1 aliphatic rings. The van der Waals surface area contributed by atoms with Crippen molar-refractivity contribution in [1.29, 1.82) is 0 Å². The lowest BCUT2D eigenvalue weighted by molar-refractivity contribution is -0.121. The molecule has 10 nitrogen and oxygen atoms in total. The van der Waals surface area contributed by atoms with Crippen LogP contribution in [0.15, 0.2) is 55.2 Å². The highest BCUT2D eigenvalue weighted by molar-refractivity contribution is 6.30. The first-order chi connectivity index (χ1) is 17.0. The fourth-order valence-corrected chi connectivity index (χ4v) is 4.08. The molecule has 1 unspecified atom stereocenters. The minimum atomic E-state index is -0.244. The Bertz CT molecular complexity index is 1120. The number of benzene rings is 1. The fraction of sp³-hybridized carbons (Fsp3) is 0.375. The van der Waals surface area contributed by atoms with Crippen LogP contribution in [0, 0.1) is 0 Å². The Balaban J connectivity index is 1.48. The maximum absolute atomic E-state index is 12.9. The van der Waals surface area contributed by atoms with E-state index in [0.29, 0.717) is 49.5 Å². The summed E-state index contributed by atoms with van der Waals surface area (Å²) in [4.78, 5) is 42.5. The van der Waals surface area contributed by atoms with Crippen molar-refractivity contribution in [2.45, 2.75) is 32.4 Å². The molecule has 2 aromatic heterocycles. The molecule has 1 atom stereocenters. The van der Waals surface area contributed by atoms with Crippen molar-refractivity contribution in [3.05, 3.63) is 65.8 Å². The van der Waals surface area contributed by atoms with E-state index in [1.165, 1.54) is 0 Å². The molecule has 0 bridgehead atoms. The van der Waals surface area contributed by atoms with Gasteiger partial charge in [-0.25, -0.2) is 14.8 Å². The number of piperazine rings is 1. The van der Waals surface area contributed by atoms with E-state index in [9.17, 15) is 9.59 Å². The fourth-order valence-electron chi connectivity index (χ4n) is 3.95. The van der Waals surface area contributed by atoms with Gasteiger partial charge in [-0.15, -0.1) is 0 Å². The van der Waals surface area contributed by atoms with Gasteiger partial charge in [0.25, 0.3) is 0 Å². The van der Waals surface area contributed by atoms with Gasteiger partial charge < -0.3 is 20.4 Å². The summed E-state index contributed by atoms with van der Waals surface area (Å²) < 4.78 is 1.73. The number of carbonyl (C=O) groups excluding carboxylic acids is 2. The highest BCUT2D eigenvalue weighted by atomic mass is 35.5. The molecule has 3 amide bonds. The summed E-state index contributed by atoms with van der Waals surface area (Å²) in [7, 11) is 0. The van der Waals surface area contributed by atoms with Crippen LogP contribution in [0.4, 0.5) is 10.6 Å². The number of hydrogen-bond donors (Lipinski definition) is 2. The molecule has 35 heavy (non-hydrogen) atoms. The van der Waals surface area contributed by atoms with Crippen molar-refractivity contribution in [1.82, 2.24) is 35.1 Å². The Hall–Kier alpha value is -3.66. The second kappa shape index (κ2) is 11.7. The van der Waals surface area contributed by atoms with Crippen LogP contribution in [0.2, 0.25) is 5.02 Å². The number of nitrogens with one attached hydrogen (secondary N) is 2. The Morgan fingerprint density at radius 2 is 1.94 bits per heavy atom. The third kappa shape index (κ3) is 6.48. The van der Waals surface area contributed by atoms with E-state index in [1.807, 2.05) is 25.1 Å². The summed E-state index contributed by atoms with van der Waals surface area (Å²) >= 11 is 5.95. The first-order valence-electron chi connectivity index (χ1n) is 11.7. The molecular formula is C24H29ClN8O2.